The van der Waals surface area contributed by atoms with E-state index >= 15 is 0 Å². The van der Waals surface area contributed by atoms with E-state index in [1.54, 1.807) is 13.3 Å². The minimum absolute atomic E-state index is 0.0309. The van der Waals surface area contributed by atoms with E-state index in [9.17, 15) is 4.79 Å². The van der Waals surface area contributed by atoms with Gasteiger partial charge in [-0.3, -0.25) is 4.79 Å². The van der Waals surface area contributed by atoms with Crippen LogP contribution in [0.2, 0.25) is 0 Å². The second-order valence-electron chi connectivity index (χ2n) is 6.38. The molecule has 1 aromatic heterocycles. The number of ether oxygens (including phenoxy) is 2. The molecule has 7 nitrogen and oxygen atoms in total. The van der Waals surface area contributed by atoms with Crippen molar-refractivity contribution in [2.75, 3.05) is 19.0 Å². The summed E-state index contributed by atoms with van der Waals surface area (Å²) in [5, 5.41) is 13.5. The number of anilines is 1. The lowest BCUT2D eigenvalue weighted by atomic mass is 9.79. The summed E-state index contributed by atoms with van der Waals surface area (Å²) >= 11 is 0. The van der Waals surface area contributed by atoms with Gasteiger partial charge in [0.1, 0.15) is 11.1 Å². The number of fused-ring (bicyclic) bond motifs is 1. The molecule has 1 saturated carbocycles. The number of hydrogen-bond donors (Lipinski definition) is 2. The smallest absolute Gasteiger partial charge is 0.236 e. The van der Waals surface area contributed by atoms with Gasteiger partial charge in [-0.25, -0.2) is 0 Å². The molecule has 1 aliphatic carbocycles. The van der Waals surface area contributed by atoms with Crippen LogP contribution in [0.25, 0.3) is 11.3 Å². The second-order valence-corrected chi connectivity index (χ2v) is 6.38. The summed E-state index contributed by atoms with van der Waals surface area (Å²) in [5.74, 6) is -0.808. The molecule has 0 radical (unpaired) electrons. The summed E-state index contributed by atoms with van der Waals surface area (Å²) < 4.78 is 11.5. The zero-order valence-electron chi connectivity index (χ0n) is 13.5. The summed E-state index contributed by atoms with van der Waals surface area (Å²) in [7, 11) is 1.63. The van der Waals surface area contributed by atoms with Crippen molar-refractivity contribution in [3.8, 4) is 11.3 Å². The van der Waals surface area contributed by atoms with E-state index in [1.165, 1.54) is 0 Å². The summed E-state index contributed by atoms with van der Waals surface area (Å²) in [5.41, 5.74) is 1.76. The molecule has 7 heteroatoms. The summed E-state index contributed by atoms with van der Waals surface area (Å²) in [6.07, 6.45) is 4.82. The van der Waals surface area contributed by atoms with Crippen molar-refractivity contribution < 1.29 is 14.3 Å². The monoisotopic (exact) mass is 328 g/mol. The number of methoxy groups -OCH3 is 1. The highest BCUT2D eigenvalue weighted by atomic mass is 16.7. The normalized spacial score (nSPS) is 28.7. The van der Waals surface area contributed by atoms with Crippen LogP contribution in [-0.4, -0.2) is 40.8 Å². The van der Waals surface area contributed by atoms with Crippen molar-refractivity contribution in [3.63, 3.8) is 0 Å². The number of nitrogens with one attached hydrogen (secondary N) is 2. The van der Waals surface area contributed by atoms with Crippen LogP contribution in [0.15, 0.2) is 30.5 Å². The number of nitrogens with zero attached hydrogens (tertiary/aromatic N) is 2. The van der Waals surface area contributed by atoms with E-state index < -0.39 is 11.2 Å². The SMILES string of the molecule is CO[C@]12CCC[C@@]1(C(=O)Nc1cccc(-c3cn[nH]n3)c1)CCO2. The lowest BCUT2D eigenvalue weighted by molar-refractivity contribution is -0.227. The number of H-pyrrole nitrogens is 1. The lowest BCUT2D eigenvalue weighted by Gasteiger charge is -2.36. The third-order valence-corrected chi connectivity index (χ3v) is 5.30. The Labute approximate surface area is 139 Å². The summed E-state index contributed by atoms with van der Waals surface area (Å²) in [6, 6.07) is 7.59. The molecule has 0 unspecified atom stereocenters. The third kappa shape index (κ3) is 2.16. The fourth-order valence-corrected chi connectivity index (χ4v) is 4.07. The summed E-state index contributed by atoms with van der Waals surface area (Å²) in [4.78, 5) is 13.1. The van der Waals surface area contributed by atoms with Crippen LogP contribution in [0.1, 0.15) is 25.7 Å². The van der Waals surface area contributed by atoms with Crippen molar-refractivity contribution in [2.45, 2.75) is 31.5 Å². The quantitative estimate of drug-likeness (QED) is 0.899. The van der Waals surface area contributed by atoms with E-state index in [0.717, 1.165) is 36.2 Å². The Morgan fingerprint density at radius 2 is 2.29 bits per heavy atom. The van der Waals surface area contributed by atoms with Crippen LogP contribution in [-0.2, 0) is 14.3 Å². The molecule has 24 heavy (non-hydrogen) atoms. The van der Waals surface area contributed by atoms with Gasteiger partial charge < -0.3 is 14.8 Å². The third-order valence-electron chi connectivity index (χ3n) is 5.30. The van der Waals surface area contributed by atoms with E-state index in [4.69, 9.17) is 9.47 Å². The highest BCUT2D eigenvalue weighted by Crippen LogP contribution is 2.56. The van der Waals surface area contributed by atoms with Gasteiger partial charge in [0.05, 0.1) is 12.8 Å². The Morgan fingerprint density at radius 3 is 3.08 bits per heavy atom. The molecule has 2 heterocycles. The topological polar surface area (TPSA) is 89.1 Å². The van der Waals surface area contributed by atoms with Crippen molar-refractivity contribution in [2.24, 2.45) is 5.41 Å². The molecule has 1 aliphatic heterocycles. The number of amides is 1. The van der Waals surface area contributed by atoms with Gasteiger partial charge in [-0.15, -0.1) is 0 Å². The molecule has 0 bridgehead atoms. The minimum Gasteiger partial charge on any atom is -0.352 e. The number of hydrogen-bond acceptors (Lipinski definition) is 5. The maximum atomic E-state index is 13.1. The molecule has 2 fully saturated rings. The van der Waals surface area contributed by atoms with Gasteiger partial charge in [-0.05, 0) is 31.4 Å². The first kappa shape index (κ1) is 15.3. The first-order valence-electron chi connectivity index (χ1n) is 8.16. The number of rotatable bonds is 4. The molecule has 2 atom stereocenters. The van der Waals surface area contributed by atoms with Gasteiger partial charge in [0.15, 0.2) is 5.79 Å². The largest absolute Gasteiger partial charge is 0.352 e. The Bertz CT molecular complexity index is 734. The maximum absolute atomic E-state index is 13.1. The first-order chi connectivity index (χ1) is 11.7. The average Bonchev–Trinajstić information content (AvgIpc) is 3.30. The zero-order chi connectivity index (χ0) is 16.6. The summed E-state index contributed by atoms with van der Waals surface area (Å²) in [6.45, 7) is 0.556. The maximum Gasteiger partial charge on any atom is 0.236 e. The van der Waals surface area contributed by atoms with Gasteiger partial charge in [0.2, 0.25) is 5.91 Å². The van der Waals surface area contributed by atoms with Crippen LogP contribution < -0.4 is 5.32 Å². The van der Waals surface area contributed by atoms with Crippen LogP contribution in [0.5, 0.6) is 0 Å². The second kappa shape index (κ2) is 5.68. The van der Waals surface area contributed by atoms with Gasteiger partial charge in [0, 0.05) is 24.8 Å². The fourth-order valence-electron chi connectivity index (χ4n) is 4.07. The Morgan fingerprint density at radius 1 is 1.38 bits per heavy atom. The highest BCUT2D eigenvalue weighted by molar-refractivity contribution is 5.97. The van der Waals surface area contributed by atoms with Crippen LogP contribution >= 0.6 is 0 Å². The number of carbonyl (C=O) groups excluding carboxylic acids is 1. The Balaban J connectivity index is 1.60. The van der Waals surface area contributed by atoms with E-state index in [-0.39, 0.29) is 5.91 Å². The highest BCUT2D eigenvalue weighted by Gasteiger charge is 2.64. The molecule has 126 valence electrons. The minimum atomic E-state index is -0.777. The van der Waals surface area contributed by atoms with Gasteiger partial charge >= 0.3 is 0 Å². The van der Waals surface area contributed by atoms with Crippen molar-refractivity contribution in [1.29, 1.82) is 0 Å². The van der Waals surface area contributed by atoms with Crippen molar-refractivity contribution in [3.05, 3.63) is 30.5 Å². The number of benzene rings is 1. The molecule has 0 spiro atoms. The van der Waals surface area contributed by atoms with E-state index in [0.29, 0.717) is 13.0 Å². The molecule has 2 aromatic rings. The van der Waals surface area contributed by atoms with Gasteiger partial charge in [-0.1, -0.05) is 12.1 Å². The Hall–Kier alpha value is -2.25. The first-order valence-corrected chi connectivity index (χ1v) is 8.16. The molecule has 2 aliphatic rings. The van der Waals surface area contributed by atoms with Crippen molar-refractivity contribution in [1.82, 2.24) is 15.4 Å². The number of carbonyl (C=O) groups is 1. The predicted molar refractivity (Wildman–Crippen MR) is 87.0 cm³/mol. The number of aromatic nitrogens is 3. The van der Waals surface area contributed by atoms with Crippen LogP contribution in [0.3, 0.4) is 0 Å². The molecule has 1 saturated heterocycles. The Kier molecular flexibility index (Phi) is 3.62. The molecular formula is C17H20N4O3. The molecular weight excluding hydrogens is 308 g/mol. The molecule has 4 rings (SSSR count). The lowest BCUT2D eigenvalue weighted by Crippen LogP contribution is -2.49. The van der Waals surface area contributed by atoms with E-state index in [2.05, 4.69) is 20.7 Å². The van der Waals surface area contributed by atoms with E-state index in [1.807, 2.05) is 24.3 Å². The fraction of sp³-hybridized carbons (Fsp3) is 0.471. The van der Waals surface area contributed by atoms with Crippen LogP contribution in [0, 0.1) is 5.41 Å². The van der Waals surface area contributed by atoms with Gasteiger partial charge in [-0.2, -0.15) is 15.4 Å². The van der Waals surface area contributed by atoms with Crippen molar-refractivity contribution >= 4 is 11.6 Å². The molecule has 1 amide bonds. The van der Waals surface area contributed by atoms with Gasteiger partial charge in [0.25, 0.3) is 0 Å². The standard InChI is InChI=1S/C17H20N4O3/c1-23-17-7-3-6-16(17,8-9-24-17)15(22)19-13-5-2-4-12(10-13)14-11-18-21-20-14/h2,4-5,10-11H,3,6-9H2,1H3,(H,19,22)(H,18,20,21)/t16-,17-/m0/s1. The average molecular weight is 328 g/mol. The predicted octanol–water partition coefficient (Wildman–Crippen LogP) is 2.34. The van der Waals surface area contributed by atoms with Crippen LogP contribution in [0.4, 0.5) is 5.69 Å². The zero-order valence-corrected chi connectivity index (χ0v) is 13.5. The molecule has 1 aromatic carbocycles. The number of aromatic amines is 1. The molecule has 2 N–H and O–H groups in total.